The Hall–Kier alpha value is -0.160. The van der Waals surface area contributed by atoms with Crippen LogP contribution in [0.25, 0.3) is 0 Å². The van der Waals surface area contributed by atoms with Gasteiger partial charge in [0.1, 0.15) is 0 Å². The van der Waals surface area contributed by atoms with E-state index in [1.54, 1.807) is 7.11 Å². The number of rotatable bonds is 5. The van der Waals surface area contributed by atoms with Gasteiger partial charge in [0.05, 0.1) is 19.3 Å². The highest BCUT2D eigenvalue weighted by Gasteiger charge is 2.17. The molecule has 1 fully saturated rings. The fourth-order valence-electron chi connectivity index (χ4n) is 1.55. The highest BCUT2D eigenvalue weighted by molar-refractivity contribution is 4.75. The summed E-state index contributed by atoms with van der Waals surface area (Å²) in [7, 11) is 1.65. The van der Waals surface area contributed by atoms with Crippen LogP contribution in [0.4, 0.5) is 0 Å². The number of methoxy groups -OCH3 is 1. The van der Waals surface area contributed by atoms with Gasteiger partial charge in [0.2, 0.25) is 0 Å². The Labute approximate surface area is 79.2 Å². The van der Waals surface area contributed by atoms with Crippen molar-refractivity contribution in [3.63, 3.8) is 0 Å². The van der Waals surface area contributed by atoms with Gasteiger partial charge in [0.15, 0.2) is 0 Å². The number of aliphatic hydroxyl groups is 1. The van der Waals surface area contributed by atoms with Crippen LogP contribution in [0.15, 0.2) is 0 Å². The Kier molecular flexibility index (Phi) is 5.31. The third kappa shape index (κ3) is 4.04. The number of ether oxygens (including phenoxy) is 2. The number of nitrogens with one attached hydrogen (secondary N) is 1. The topological polar surface area (TPSA) is 50.7 Å². The fourth-order valence-corrected chi connectivity index (χ4v) is 1.55. The van der Waals surface area contributed by atoms with Crippen LogP contribution in [0.5, 0.6) is 0 Å². The van der Waals surface area contributed by atoms with E-state index in [9.17, 15) is 0 Å². The summed E-state index contributed by atoms with van der Waals surface area (Å²) in [4.78, 5) is 0. The molecule has 0 radical (unpaired) electrons. The molecule has 0 amide bonds. The maximum absolute atomic E-state index is 9.01. The lowest BCUT2D eigenvalue weighted by Crippen LogP contribution is -2.45. The minimum absolute atomic E-state index is 0.0631. The summed E-state index contributed by atoms with van der Waals surface area (Å²) in [5, 5.41) is 12.4. The van der Waals surface area contributed by atoms with E-state index in [1.165, 1.54) is 0 Å². The molecule has 78 valence electrons. The van der Waals surface area contributed by atoms with Crippen molar-refractivity contribution in [2.24, 2.45) is 0 Å². The highest BCUT2D eigenvalue weighted by Crippen LogP contribution is 2.06. The zero-order chi connectivity index (χ0) is 9.52. The highest BCUT2D eigenvalue weighted by atomic mass is 16.5. The molecular weight excluding hydrogens is 170 g/mol. The predicted molar refractivity (Wildman–Crippen MR) is 49.7 cm³/mol. The minimum Gasteiger partial charge on any atom is -0.395 e. The molecule has 4 nitrogen and oxygen atoms in total. The summed E-state index contributed by atoms with van der Waals surface area (Å²) < 4.78 is 10.2. The second kappa shape index (κ2) is 6.32. The van der Waals surface area contributed by atoms with E-state index in [4.69, 9.17) is 14.6 Å². The molecule has 0 saturated carbocycles. The normalized spacial score (nSPS) is 21.7. The maximum Gasteiger partial charge on any atom is 0.0638 e. The van der Waals surface area contributed by atoms with Crippen LogP contribution in [0.3, 0.4) is 0 Å². The van der Waals surface area contributed by atoms with E-state index in [-0.39, 0.29) is 12.6 Å². The second-order valence-corrected chi connectivity index (χ2v) is 3.39. The molecule has 0 aromatic heterocycles. The first-order valence-corrected chi connectivity index (χ1v) is 4.80. The van der Waals surface area contributed by atoms with Crippen molar-refractivity contribution >= 4 is 0 Å². The van der Waals surface area contributed by atoms with Gasteiger partial charge in [-0.2, -0.15) is 0 Å². The van der Waals surface area contributed by atoms with Crippen LogP contribution >= 0.6 is 0 Å². The van der Waals surface area contributed by atoms with Crippen molar-refractivity contribution in [2.75, 3.05) is 33.5 Å². The number of hydrogen-bond acceptors (Lipinski definition) is 4. The molecular formula is C9H19NO3. The lowest BCUT2D eigenvalue weighted by molar-refractivity contribution is 0.0613. The zero-order valence-corrected chi connectivity index (χ0v) is 8.16. The number of hydrogen-bond donors (Lipinski definition) is 2. The molecule has 0 spiro atoms. The van der Waals surface area contributed by atoms with Crippen LogP contribution in [-0.4, -0.2) is 50.7 Å². The third-order valence-electron chi connectivity index (χ3n) is 2.28. The smallest absolute Gasteiger partial charge is 0.0638 e. The van der Waals surface area contributed by atoms with E-state index in [0.29, 0.717) is 12.6 Å². The van der Waals surface area contributed by atoms with Crippen molar-refractivity contribution in [1.82, 2.24) is 5.32 Å². The van der Waals surface area contributed by atoms with Crippen LogP contribution in [0.2, 0.25) is 0 Å². The molecule has 0 aromatic carbocycles. The largest absolute Gasteiger partial charge is 0.395 e. The van der Waals surface area contributed by atoms with Gasteiger partial charge in [-0.15, -0.1) is 0 Å². The van der Waals surface area contributed by atoms with Crippen LogP contribution in [-0.2, 0) is 9.47 Å². The molecule has 1 aliphatic rings. The second-order valence-electron chi connectivity index (χ2n) is 3.39. The average molecular weight is 189 g/mol. The standard InChI is InChI=1S/C9H19NO3/c1-12-7-9(6-11)10-8-2-4-13-5-3-8/h8-11H,2-7H2,1H3. The summed E-state index contributed by atoms with van der Waals surface area (Å²) in [6.07, 6.45) is 2.06. The Bertz CT molecular complexity index is 123. The quantitative estimate of drug-likeness (QED) is 0.627. The van der Waals surface area contributed by atoms with Gasteiger partial charge in [-0.25, -0.2) is 0 Å². The van der Waals surface area contributed by atoms with Gasteiger partial charge < -0.3 is 19.9 Å². The first-order valence-electron chi connectivity index (χ1n) is 4.80. The molecule has 1 rings (SSSR count). The molecule has 0 aromatic rings. The lowest BCUT2D eigenvalue weighted by Gasteiger charge is -2.27. The monoisotopic (exact) mass is 189 g/mol. The molecule has 1 aliphatic heterocycles. The predicted octanol–water partition coefficient (Wildman–Crippen LogP) is -0.238. The Morgan fingerprint density at radius 3 is 2.77 bits per heavy atom. The van der Waals surface area contributed by atoms with Gasteiger partial charge >= 0.3 is 0 Å². The molecule has 0 bridgehead atoms. The van der Waals surface area contributed by atoms with E-state index in [1.807, 2.05) is 0 Å². The van der Waals surface area contributed by atoms with E-state index < -0.39 is 0 Å². The van der Waals surface area contributed by atoms with Gasteiger partial charge in [0, 0.05) is 26.4 Å². The van der Waals surface area contributed by atoms with Crippen molar-refractivity contribution in [3.05, 3.63) is 0 Å². The van der Waals surface area contributed by atoms with Crippen LogP contribution in [0, 0.1) is 0 Å². The van der Waals surface area contributed by atoms with E-state index in [0.717, 1.165) is 26.1 Å². The Morgan fingerprint density at radius 2 is 2.23 bits per heavy atom. The number of aliphatic hydroxyl groups excluding tert-OH is 1. The van der Waals surface area contributed by atoms with Crippen molar-refractivity contribution in [3.8, 4) is 0 Å². The van der Waals surface area contributed by atoms with Crippen molar-refractivity contribution < 1.29 is 14.6 Å². The summed E-state index contributed by atoms with van der Waals surface area (Å²) in [5.74, 6) is 0. The van der Waals surface area contributed by atoms with Gasteiger partial charge in [-0.1, -0.05) is 0 Å². The van der Waals surface area contributed by atoms with E-state index >= 15 is 0 Å². The van der Waals surface area contributed by atoms with Gasteiger partial charge in [-0.3, -0.25) is 0 Å². The molecule has 0 aliphatic carbocycles. The molecule has 4 heteroatoms. The SMILES string of the molecule is COCC(CO)NC1CCOCC1. The first-order chi connectivity index (χ1) is 6.36. The molecule has 13 heavy (non-hydrogen) atoms. The van der Waals surface area contributed by atoms with Crippen molar-refractivity contribution in [1.29, 1.82) is 0 Å². The Morgan fingerprint density at radius 1 is 1.54 bits per heavy atom. The molecule has 1 unspecified atom stereocenters. The summed E-state index contributed by atoms with van der Waals surface area (Å²) in [5.41, 5.74) is 0. The van der Waals surface area contributed by atoms with Crippen molar-refractivity contribution in [2.45, 2.75) is 24.9 Å². The average Bonchev–Trinajstić information content (AvgIpc) is 2.19. The van der Waals surface area contributed by atoms with Crippen LogP contribution in [0.1, 0.15) is 12.8 Å². The summed E-state index contributed by atoms with van der Waals surface area (Å²) in [6.45, 7) is 2.34. The molecule has 2 N–H and O–H groups in total. The van der Waals surface area contributed by atoms with Gasteiger partial charge in [0.25, 0.3) is 0 Å². The molecule has 1 heterocycles. The van der Waals surface area contributed by atoms with E-state index in [2.05, 4.69) is 5.32 Å². The Balaban J connectivity index is 2.18. The van der Waals surface area contributed by atoms with Crippen LogP contribution < -0.4 is 5.32 Å². The van der Waals surface area contributed by atoms with Gasteiger partial charge in [-0.05, 0) is 12.8 Å². The minimum atomic E-state index is 0.0631. The summed E-state index contributed by atoms with van der Waals surface area (Å²) in [6, 6.07) is 0.536. The first kappa shape index (κ1) is 10.9. The lowest BCUT2D eigenvalue weighted by atomic mass is 10.1. The summed E-state index contributed by atoms with van der Waals surface area (Å²) >= 11 is 0. The third-order valence-corrected chi connectivity index (χ3v) is 2.28. The fraction of sp³-hybridized carbons (Fsp3) is 1.00. The molecule has 1 saturated heterocycles. The zero-order valence-electron chi connectivity index (χ0n) is 8.16. The molecule has 1 atom stereocenters. The maximum atomic E-state index is 9.01.